The van der Waals surface area contributed by atoms with Gasteiger partial charge in [-0.3, -0.25) is 4.79 Å². The lowest BCUT2D eigenvalue weighted by atomic mass is 9.98. The molecule has 19 heavy (non-hydrogen) atoms. The van der Waals surface area contributed by atoms with Gasteiger partial charge in [-0.1, -0.05) is 30.4 Å². The van der Waals surface area contributed by atoms with E-state index in [1.54, 1.807) is 25.3 Å². The summed E-state index contributed by atoms with van der Waals surface area (Å²) >= 11 is 0. The average molecular weight is 258 g/mol. The Morgan fingerprint density at radius 3 is 2.84 bits per heavy atom. The third-order valence-electron chi connectivity index (χ3n) is 3.22. The van der Waals surface area contributed by atoms with Gasteiger partial charge in [-0.15, -0.1) is 0 Å². The monoisotopic (exact) mass is 258 g/mol. The van der Waals surface area contributed by atoms with Gasteiger partial charge in [-0.2, -0.15) is 0 Å². The van der Waals surface area contributed by atoms with E-state index in [1.807, 2.05) is 24.3 Å². The second kappa shape index (κ2) is 6.34. The SMILES string of the molecule is COC1=CC=C(C(=O)/C=C/C2=CCC(O)C=C2)CC1. The minimum Gasteiger partial charge on any atom is -0.501 e. The Labute approximate surface area is 113 Å². The predicted molar refractivity (Wildman–Crippen MR) is 74.4 cm³/mol. The van der Waals surface area contributed by atoms with E-state index in [2.05, 4.69) is 0 Å². The number of carbonyl (C=O) groups is 1. The van der Waals surface area contributed by atoms with E-state index in [0.717, 1.165) is 29.7 Å². The van der Waals surface area contributed by atoms with Crippen molar-refractivity contribution in [3.05, 3.63) is 59.4 Å². The highest BCUT2D eigenvalue weighted by Gasteiger charge is 2.11. The van der Waals surface area contributed by atoms with Gasteiger partial charge in [0.25, 0.3) is 0 Å². The zero-order chi connectivity index (χ0) is 13.7. The zero-order valence-corrected chi connectivity index (χ0v) is 11.0. The fourth-order valence-corrected chi connectivity index (χ4v) is 2.02. The number of ketones is 1. The lowest BCUT2D eigenvalue weighted by molar-refractivity contribution is -0.111. The predicted octanol–water partition coefficient (Wildman–Crippen LogP) is 2.61. The van der Waals surface area contributed by atoms with Crippen LogP contribution in [-0.2, 0) is 9.53 Å². The molecular formula is C16H18O3. The molecule has 0 saturated heterocycles. The van der Waals surface area contributed by atoms with Crippen LogP contribution in [0.15, 0.2) is 59.4 Å². The van der Waals surface area contributed by atoms with Crippen molar-refractivity contribution in [2.45, 2.75) is 25.4 Å². The lowest BCUT2D eigenvalue weighted by Gasteiger charge is -2.11. The summed E-state index contributed by atoms with van der Waals surface area (Å²) in [4.78, 5) is 12.0. The Morgan fingerprint density at radius 1 is 1.42 bits per heavy atom. The first kappa shape index (κ1) is 13.6. The maximum Gasteiger partial charge on any atom is 0.181 e. The molecule has 0 fully saturated rings. The van der Waals surface area contributed by atoms with Crippen molar-refractivity contribution in [3.63, 3.8) is 0 Å². The Hall–Kier alpha value is -1.87. The topological polar surface area (TPSA) is 46.5 Å². The maximum absolute atomic E-state index is 12.0. The minimum absolute atomic E-state index is 0.0341. The molecule has 0 bridgehead atoms. The van der Waals surface area contributed by atoms with Crippen LogP contribution in [0.25, 0.3) is 0 Å². The zero-order valence-electron chi connectivity index (χ0n) is 11.0. The van der Waals surface area contributed by atoms with E-state index in [-0.39, 0.29) is 5.78 Å². The van der Waals surface area contributed by atoms with Crippen molar-refractivity contribution < 1.29 is 14.6 Å². The maximum atomic E-state index is 12.0. The van der Waals surface area contributed by atoms with Crippen LogP contribution >= 0.6 is 0 Å². The fraction of sp³-hybridized carbons (Fsp3) is 0.312. The van der Waals surface area contributed by atoms with Gasteiger partial charge >= 0.3 is 0 Å². The standard InChI is InChI=1S/C16H18O3/c1-19-15-9-5-13(6-10-15)16(18)11-4-12-2-7-14(17)8-3-12/h2-5,7,9,11,14,17H,6,8,10H2,1H3/b11-4+. The largest absolute Gasteiger partial charge is 0.501 e. The fourth-order valence-electron chi connectivity index (χ4n) is 2.02. The first-order chi connectivity index (χ1) is 9.19. The molecule has 100 valence electrons. The third kappa shape index (κ3) is 3.80. The normalized spacial score (nSPS) is 22.8. The summed E-state index contributed by atoms with van der Waals surface area (Å²) in [7, 11) is 1.64. The molecule has 3 heteroatoms. The van der Waals surface area contributed by atoms with Crippen LogP contribution in [0.3, 0.4) is 0 Å². The van der Waals surface area contributed by atoms with Crippen LogP contribution in [0.2, 0.25) is 0 Å². The molecule has 2 rings (SSSR count). The van der Waals surface area contributed by atoms with Crippen molar-refractivity contribution >= 4 is 5.78 Å². The van der Waals surface area contributed by atoms with E-state index in [0.29, 0.717) is 6.42 Å². The summed E-state index contributed by atoms with van der Waals surface area (Å²) < 4.78 is 5.13. The Bertz CT molecular complexity index is 504. The number of hydrogen-bond acceptors (Lipinski definition) is 3. The van der Waals surface area contributed by atoms with E-state index >= 15 is 0 Å². The average Bonchev–Trinajstić information content (AvgIpc) is 2.46. The number of aliphatic hydroxyl groups is 1. The second-order valence-corrected chi connectivity index (χ2v) is 4.59. The smallest absolute Gasteiger partial charge is 0.181 e. The van der Waals surface area contributed by atoms with Crippen LogP contribution in [-0.4, -0.2) is 24.1 Å². The summed E-state index contributed by atoms with van der Waals surface area (Å²) in [6.07, 6.45) is 14.2. The van der Waals surface area contributed by atoms with Crippen LogP contribution in [0.4, 0.5) is 0 Å². The van der Waals surface area contributed by atoms with E-state index in [9.17, 15) is 9.90 Å². The molecule has 0 aromatic heterocycles. The summed E-state index contributed by atoms with van der Waals surface area (Å²) in [5.41, 5.74) is 1.76. The molecule has 3 nitrogen and oxygen atoms in total. The van der Waals surface area contributed by atoms with Gasteiger partial charge < -0.3 is 9.84 Å². The quantitative estimate of drug-likeness (QED) is 0.788. The Kier molecular flexibility index (Phi) is 4.53. The van der Waals surface area contributed by atoms with Crippen molar-refractivity contribution in [2.24, 2.45) is 0 Å². The van der Waals surface area contributed by atoms with Gasteiger partial charge in [-0.05, 0) is 30.6 Å². The molecule has 2 aliphatic carbocycles. The molecule has 0 amide bonds. The summed E-state index contributed by atoms with van der Waals surface area (Å²) in [6, 6.07) is 0. The molecule has 1 atom stereocenters. The van der Waals surface area contributed by atoms with Crippen molar-refractivity contribution in [2.75, 3.05) is 7.11 Å². The van der Waals surface area contributed by atoms with Gasteiger partial charge in [0.05, 0.1) is 19.0 Å². The number of methoxy groups -OCH3 is 1. The molecule has 0 aliphatic heterocycles. The second-order valence-electron chi connectivity index (χ2n) is 4.59. The van der Waals surface area contributed by atoms with E-state index in [4.69, 9.17) is 4.74 Å². The van der Waals surface area contributed by atoms with Crippen LogP contribution in [0.1, 0.15) is 19.3 Å². The summed E-state index contributed by atoms with van der Waals surface area (Å²) in [5, 5.41) is 9.31. The van der Waals surface area contributed by atoms with Crippen molar-refractivity contribution in [3.8, 4) is 0 Å². The number of allylic oxidation sites excluding steroid dienone is 8. The molecule has 0 spiro atoms. The minimum atomic E-state index is -0.397. The molecule has 0 heterocycles. The third-order valence-corrected chi connectivity index (χ3v) is 3.22. The van der Waals surface area contributed by atoms with Gasteiger partial charge in [0.15, 0.2) is 5.78 Å². The molecule has 2 aliphatic rings. The highest BCUT2D eigenvalue weighted by Crippen LogP contribution is 2.20. The molecular weight excluding hydrogens is 240 g/mol. The van der Waals surface area contributed by atoms with Gasteiger partial charge in [-0.25, -0.2) is 0 Å². The molecule has 0 radical (unpaired) electrons. The Balaban J connectivity index is 1.97. The first-order valence-corrected chi connectivity index (χ1v) is 6.41. The number of hydrogen-bond donors (Lipinski definition) is 1. The number of carbonyl (C=O) groups excluding carboxylic acids is 1. The van der Waals surface area contributed by atoms with Crippen molar-refractivity contribution in [1.29, 1.82) is 0 Å². The molecule has 1 N–H and O–H groups in total. The van der Waals surface area contributed by atoms with E-state index < -0.39 is 6.10 Å². The van der Waals surface area contributed by atoms with Crippen LogP contribution in [0, 0.1) is 0 Å². The lowest BCUT2D eigenvalue weighted by Crippen LogP contribution is -2.05. The highest BCUT2D eigenvalue weighted by molar-refractivity contribution is 6.04. The number of ether oxygens (including phenoxy) is 1. The molecule has 1 unspecified atom stereocenters. The van der Waals surface area contributed by atoms with Gasteiger partial charge in [0, 0.05) is 12.0 Å². The van der Waals surface area contributed by atoms with Gasteiger partial charge in [0.1, 0.15) is 0 Å². The molecule has 0 aromatic carbocycles. The highest BCUT2D eigenvalue weighted by atomic mass is 16.5. The number of rotatable bonds is 4. The van der Waals surface area contributed by atoms with E-state index in [1.165, 1.54) is 0 Å². The van der Waals surface area contributed by atoms with Gasteiger partial charge in [0.2, 0.25) is 0 Å². The molecule has 0 aromatic rings. The summed E-state index contributed by atoms with van der Waals surface area (Å²) in [5.74, 6) is 0.944. The van der Waals surface area contributed by atoms with Crippen LogP contribution < -0.4 is 0 Å². The summed E-state index contributed by atoms with van der Waals surface area (Å²) in [6.45, 7) is 0. The molecule has 0 saturated carbocycles. The Morgan fingerprint density at radius 2 is 2.26 bits per heavy atom. The first-order valence-electron chi connectivity index (χ1n) is 6.41. The number of aliphatic hydroxyl groups excluding tert-OH is 1. The van der Waals surface area contributed by atoms with Crippen molar-refractivity contribution in [1.82, 2.24) is 0 Å². The van der Waals surface area contributed by atoms with Crippen LogP contribution in [0.5, 0.6) is 0 Å².